The summed E-state index contributed by atoms with van der Waals surface area (Å²) in [5, 5.41) is 3.43. The Hall–Kier alpha value is -2.70. The molecule has 27 heavy (non-hydrogen) atoms. The fourth-order valence-corrected chi connectivity index (χ4v) is 2.85. The Bertz CT molecular complexity index is 877. The molecule has 140 valence electrons. The molecule has 1 aliphatic heterocycles. The van der Waals surface area contributed by atoms with E-state index in [-0.39, 0.29) is 0 Å². The number of nitrogens with one attached hydrogen (secondary N) is 1. The Morgan fingerprint density at radius 1 is 1.07 bits per heavy atom. The Morgan fingerprint density at radius 2 is 1.78 bits per heavy atom. The van der Waals surface area contributed by atoms with E-state index in [0.717, 1.165) is 6.08 Å². The molecule has 0 saturated heterocycles. The summed E-state index contributed by atoms with van der Waals surface area (Å²) in [6, 6.07) is 10.0. The van der Waals surface area contributed by atoms with Crippen LogP contribution in [-0.2, 0) is 14.3 Å². The average molecular weight is 408 g/mol. The van der Waals surface area contributed by atoms with Gasteiger partial charge in [0.2, 0.25) is 0 Å². The minimum Gasteiger partial charge on any atom is -0.486 e. The monoisotopic (exact) mass is 407 g/mol. The first-order chi connectivity index (χ1) is 13.0. The van der Waals surface area contributed by atoms with Crippen LogP contribution in [0.5, 0.6) is 11.5 Å². The van der Waals surface area contributed by atoms with E-state index in [2.05, 4.69) is 5.32 Å². The predicted molar refractivity (Wildman–Crippen MR) is 103 cm³/mol. The lowest BCUT2D eigenvalue weighted by atomic mass is 10.2. The van der Waals surface area contributed by atoms with Gasteiger partial charge < -0.3 is 19.5 Å². The minimum atomic E-state index is -0.691. The van der Waals surface area contributed by atoms with Crippen molar-refractivity contribution in [2.45, 2.75) is 0 Å². The molecule has 1 amide bonds. The molecular weight excluding hydrogens is 393 g/mol. The lowest BCUT2D eigenvalue weighted by molar-refractivity contribution is -0.142. The Morgan fingerprint density at radius 3 is 2.52 bits per heavy atom. The quantitative estimate of drug-likeness (QED) is 0.599. The van der Waals surface area contributed by atoms with Gasteiger partial charge in [-0.1, -0.05) is 29.3 Å². The molecule has 2 aromatic carbocycles. The first-order valence-electron chi connectivity index (χ1n) is 8.01. The van der Waals surface area contributed by atoms with Gasteiger partial charge >= 0.3 is 5.97 Å². The summed E-state index contributed by atoms with van der Waals surface area (Å²) in [5.74, 6) is -0.00263. The van der Waals surface area contributed by atoms with Crippen LogP contribution in [0.3, 0.4) is 0 Å². The highest BCUT2D eigenvalue weighted by Crippen LogP contribution is 2.32. The van der Waals surface area contributed by atoms with E-state index in [1.54, 1.807) is 36.4 Å². The van der Waals surface area contributed by atoms with E-state index >= 15 is 0 Å². The van der Waals surface area contributed by atoms with Gasteiger partial charge in [0.25, 0.3) is 5.91 Å². The number of benzene rings is 2. The zero-order valence-corrected chi connectivity index (χ0v) is 15.5. The summed E-state index contributed by atoms with van der Waals surface area (Å²) in [6.07, 6.45) is 2.59. The van der Waals surface area contributed by atoms with Gasteiger partial charge in [-0.05, 0) is 30.3 Å². The first kappa shape index (κ1) is 19.1. The number of ether oxygens (including phenoxy) is 3. The maximum absolute atomic E-state index is 11.9. The molecule has 0 aliphatic carbocycles. The van der Waals surface area contributed by atoms with Crippen LogP contribution in [0.4, 0.5) is 5.69 Å². The second-order valence-electron chi connectivity index (χ2n) is 5.48. The molecule has 0 bridgehead atoms. The average Bonchev–Trinajstić information content (AvgIpc) is 2.66. The summed E-state index contributed by atoms with van der Waals surface area (Å²) < 4.78 is 15.8. The molecule has 0 saturated carbocycles. The molecule has 1 aliphatic rings. The number of rotatable bonds is 5. The Kier molecular flexibility index (Phi) is 6.21. The minimum absolute atomic E-state index is 0.405. The van der Waals surface area contributed by atoms with Gasteiger partial charge in [0.05, 0.1) is 0 Å². The Balaban J connectivity index is 1.51. The van der Waals surface area contributed by atoms with E-state index in [0.29, 0.717) is 46.0 Å². The number of hydrogen-bond donors (Lipinski definition) is 1. The summed E-state index contributed by atoms with van der Waals surface area (Å²) in [5.41, 5.74) is 1.01. The standard InChI is InChI=1S/C19H15Cl2NO5/c20-14-2-1-3-15(21)13(14)5-7-19(24)27-11-18(23)22-12-4-6-16-17(10-12)26-9-8-25-16/h1-7,10H,8-9,11H2,(H,22,23)/b7-5+. The van der Waals surface area contributed by atoms with Gasteiger partial charge in [-0.2, -0.15) is 0 Å². The molecule has 0 spiro atoms. The summed E-state index contributed by atoms with van der Waals surface area (Å²) in [4.78, 5) is 23.7. The normalized spacial score (nSPS) is 12.7. The molecule has 1 N–H and O–H groups in total. The van der Waals surface area contributed by atoms with Gasteiger partial charge in [-0.25, -0.2) is 4.79 Å². The fraction of sp³-hybridized carbons (Fsp3) is 0.158. The smallest absolute Gasteiger partial charge is 0.331 e. The first-order valence-corrected chi connectivity index (χ1v) is 8.77. The van der Waals surface area contributed by atoms with Gasteiger partial charge in [-0.3, -0.25) is 4.79 Å². The highest BCUT2D eigenvalue weighted by atomic mass is 35.5. The molecular formula is C19H15Cl2NO5. The zero-order valence-electron chi connectivity index (χ0n) is 14.0. The second-order valence-corrected chi connectivity index (χ2v) is 6.30. The molecule has 0 fully saturated rings. The third-order valence-corrected chi connectivity index (χ3v) is 4.22. The number of carbonyl (C=O) groups excluding carboxylic acids is 2. The maximum atomic E-state index is 11.9. The third-order valence-electron chi connectivity index (χ3n) is 3.56. The Labute approximate surface area is 165 Å². The summed E-state index contributed by atoms with van der Waals surface area (Å²) in [6.45, 7) is 0.499. The highest BCUT2D eigenvalue weighted by Gasteiger charge is 2.13. The van der Waals surface area contributed by atoms with Gasteiger partial charge in [0.1, 0.15) is 13.2 Å². The van der Waals surface area contributed by atoms with Crippen molar-refractivity contribution in [2.24, 2.45) is 0 Å². The van der Waals surface area contributed by atoms with Gasteiger partial charge in [-0.15, -0.1) is 0 Å². The van der Waals surface area contributed by atoms with Crippen molar-refractivity contribution in [1.29, 1.82) is 0 Å². The zero-order chi connectivity index (χ0) is 19.2. The molecule has 2 aromatic rings. The SMILES string of the molecule is O=C(COC(=O)/C=C/c1c(Cl)cccc1Cl)Nc1ccc2c(c1)OCCO2. The van der Waals surface area contributed by atoms with E-state index in [1.165, 1.54) is 6.08 Å². The van der Waals surface area contributed by atoms with Crippen LogP contribution in [-0.4, -0.2) is 31.7 Å². The van der Waals surface area contributed by atoms with Crippen molar-refractivity contribution in [2.75, 3.05) is 25.1 Å². The van der Waals surface area contributed by atoms with Gasteiger partial charge in [0, 0.05) is 33.4 Å². The van der Waals surface area contributed by atoms with Crippen LogP contribution >= 0.6 is 23.2 Å². The van der Waals surface area contributed by atoms with E-state index in [4.69, 9.17) is 37.4 Å². The van der Waals surface area contributed by atoms with Crippen LogP contribution in [0.2, 0.25) is 10.0 Å². The van der Waals surface area contributed by atoms with Crippen LogP contribution in [0, 0.1) is 0 Å². The largest absolute Gasteiger partial charge is 0.486 e. The molecule has 0 unspecified atom stereocenters. The molecule has 0 aromatic heterocycles. The number of amides is 1. The van der Waals surface area contributed by atoms with E-state index in [1.807, 2.05) is 0 Å². The molecule has 1 heterocycles. The number of halogens is 2. The number of carbonyl (C=O) groups is 2. The predicted octanol–water partition coefficient (Wildman–Crippen LogP) is 3.96. The van der Waals surface area contributed by atoms with Crippen molar-refractivity contribution in [3.8, 4) is 11.5 Å². The molecule has 6 nitrogen and oxygen atoms in total. The number of anilines is 1. The molecule has 3 rings (SSSR count). The third kappa shape index (κ3) is 5.15. The van der Waals surface area contributed by atoms with Crippen LogP contribution in [0.1, 0.15) is 5.56 Å². The molecule has 8 heteroatoms. The van der Waals surface area contributed by atoms with Crippen LogP contribution in [0.25, 0.3) is 6.08 Å². The van der Waals surface area contributed by atoms with Crippen molar-refractivity contribution in [3.05, 3.63) is 58.1 Å². The topological polar surface area (TPSA) is 73.9 Å². The number of fused-ring (bicyclic) bond motifs is 1. The second kappa shape index (κ2) is 8.79. The highest BCUT2D eigenvalue weighted by molar-refractivity contribution is 6.37. The van der Waals surface area contributed by atoms with Crippen molar-refractivity contribution < 1.29 is 23.8 Å². The summed E-state index contributed by atoms with van der Waals surface area (Å²) >= 11 is 12.0. The van der Waals surface area contributed by atoms with Gasteiger partial charge in [0.15, 0.2) is 18.1 Å². The number of esters is 1. The lowest BCUT2D eigenvalue weighted by Gasteiger charge is -2.18. The van der Waals surface area contributed by atoms with E-state index in [9.17, 15) is 9.59 Å². The fourth-order valence-electron chi connectivity index (χ4n) is 2.32. The van der Waals surface area contributed by atoms with Crippen LogP contribution in [0.15, 0.2) is 42.5 Å². The molecule has 0 atom stereocenters. The maximum Gasteiger partial charge on any atom is 0.331 e. The van der Waals surface area contributed by atoms with Crippen molar-refractivity contribution in [3.63, 3.8) is 0 Å². The summed E-state index contributed by atoms with van der Waals surface area (Å²) in [7, 11) is 0. The number of hydrogen-bond acceptors (Lipinski definition) is 5. The van der Waals surface area contributed by atoms with E-state index < -0.39 is 18.5 Å². The molecule has 0 radical (unpaired) electrons. The lowest BCUT2D eigenvalue weighted by Crippen LogP contribution is -2.20. The van der Waals surface area contributed by atoms with Crippen molar-refractivity contribution >= 4 is 46.8 Å². The van der Waals surface area contributed by atoms with Crippen LogP contribution < -0.4 is 14.8 Å². The van der Waals surface area contributed by atoms with Crippen molar-refractivity contribution in [1.82, 2.24) is 0 Å².